The van der Waals surface area contributed by atoms with Crippen molar-refractivity contribution in [1.29, 1.82) is 0 Å². The third-order valence-electron chi connectivity index (χ3n) is 6.66. The lowest BCUT2D eigenvalue weighted by Gasteiger charge is -2.21. The number of pyridine rings is 1. The van der Waals surface area contributed by atoms with Crippen LogP contribution in [0.4, 0.5) is 5.69 Å². The fourth-order valence-corrected chi connectivity index (χ4v) is 4.79. The standard InChI is InChI=1S/C34H32Cl2N4O4/c1-21(2)18-38-34(43)25-13-9-23(10-14-25)11-17-30(41)37-19-31(42)40(4)28-16-15-27(35)26(32(28)36)20-44-29-7-5-6-24-12-8-22(3)39-33(24)29/h5-17H,1,18-20H2,2-4H3,(H,37,41)(H,38,43)/b17-11+. The van der Waals surface area contributed by atoms with Gasteiger partial charge < -0.3 is 20.3 Å². The molecule has 0 unspecified atom stereocenters. The second-order valence-corrected chi connectivity index (χ2v) is 11.0. The number of anilines is 1. The molecule has 8 nitrogen and oxygen atoms in total. The van der Waals surface area contributed by atoms with E-state index in [1.807, 2.05) is 44.2 Å². The summed E-state index contributed by atoms with van der Waals surface area (Å²) in [5, 5.41) is 6.95. The fraction of sp³-hybridized carbons (Fsp3) is 0.176. The summed E-state index contributed by atoms with van der Waals surface area (Å²) in [7, 11) is 1.57. The van der Waals surface area contributed by atoms with E-state index in [-0.39, 0.29) is 30.0 Å². The molecule has 0 atom stereocenters. The van der Waals surface area contributed by atoms with Crippen LogP contribution >= 0.6 is 23.2 Å². The molecule has 0 saturated heterocycles. The Labute approximate surface area is 266 Å². The first-order valence-electron chi connectivity index (χ1n) is 13.7. The third-order valence-corrected chi connectivity index (χ3v) is 7.44. The number of benzene rings is 3. The molecule has 4 rings (SSSR count). The maximum atomic E-state index is 12.9. The van der Waals surface area contributed by atoms with Crippen molar-refractivity contribution in [3.8, 4) is 5.75 Å². The molecule has 1 heterocycles. The first kappa shape index (κ1) is 32.3. The molecule has 0 aliphatic heterocycles. The average molecular weight is 632 g/mol. The quantitative estimate of drug-likeness (QED) is 0.145. The normalized spacial score (nSPS) is 10.9. The molecule has 2 N–H and O–H groups in total. The van der Waals surface area contributed by atoms with Crippen molar-refractivity contribution >= 4 is 63.6 Å². The largest absolute Gasteiger partial charge is 0.487 e. The molecule has 3 aromatic carbocycles. The average Bonchev–Trinajstić information content (AvgIpc) is 3.01. The highest BCUT2D eigenvalue weighted by atomic mass is 35.5. The number of ether oxygens (including phenoxy) is 1. The van der Waals surface area contributed by atoms with Crippen LogP contribution < -0.4 is 20.3 Å². The molecule has 4 aromatic rings. The fourth-order valence-electron chi connectivity index (χ4n) is 4.19. The van der Waals surface area contributed by atoms with Crippen molar-refractivity contribution in [2.45, 2.75) is 20.5 Å². The molecule has 0 aliphatic carbocycles. The Hall–Kier alpha value is -4.66. The SMILES string of the molecule is C=C(C)CNC(=O)c1ccc(/C=C/C(=O)NCC(=O)N(C)c2ccc(Cl)c(COc3cccc4ccc(C)nc34)c2Cl)cc1. The Kier molecular flexibility index (Phi) is 10.8. The summed E-state index contributed by atoms with van der Waals surface area (Å²) in [6.07, 6.45) is 2.91. The summed E-state index contributed by atoms with van der Waals surface area (Å²) in [4.78, 5) is 43.4. The van der Waals surface area contributed by atoms with Gasteiger partial charge in [0.25, 0.3) is 5.91 Å². The smallest absolute Gasteiger partial charge is 0.251 e. The molecule has 3 amide bonds. The van der Waals surface area contributed by atoms with E-state index < -0.39 is 5.91 Å². The number of aryl methyl sites for hydroxylation is 1. The number of hydrogen-bond donors (Lipinski definition) is 2. The van der Waals surface area contributed by atoms with E-state index in [0.29, 0.717) is 34.1 Å². The summed E-state index contributed by atoms with van der Waals surface area (Å²) < 4.78 is 6.07. The summed E-state index contributed by atoms with van der Waals surface area (Å²) in [5.74, 6) is -0.461. The first-order valence-corrected chi connectivity index (χ1v) is 14.5. The maximum Gasteiger partial charge on any atom is 0.251 e. The van der Waals surface area contributed by atoms with E-state index >= 15 is 0 Å². The number of para-hydroxylation sites is 1. The number of fused-ring (bicyclic) bond motifs is 1. The number of nitrogens with one attached hydrogen (secondary N) is 2. The molecule has 0 saturated carbocycles. The summed E-state index contributed by atoms with van der Waals surface area (Å²) in [6, 6.07) is 19.6. The van der Waals surface area contributed by atoms with Gasteiger partial charge >= 0.3 is 0 Å². The van der Waals surface area contributed by atoms with Crippen molar-refractivity contribution < 1.29 is 19.1 Å². The van der Waals surface area contributed by atoms with Crippen molar-refractivity contribution in [3.63, 3.8) is 0 Å². The molecule has 44 heavy (non-hydrogen) atoms. The van der Waals surface area contributed by atoms with E-state index in [9.17, 15) is 14.4 Å². The van der Waals surface area contributed by atoms with Gasteiger partial charge in [-0.25, -0.2) is 4.98 Å². The molecule has 0 fully saturated rings. The van der Waals surface area contributed by atoms with Crippen LogP contribution in [0.1, 0.15) is 34.1 Å². The number of carbonyl (C=O) groups excluding carboxylic acids is 3. The van der Waals surface area contributed by atoms with Crippen LogP contribution in [-0.2, 0) is 16.2 Å². The molecule has 0 aliphatic rings. The molecule has 10 heteroatoms. The van der Waals surface area contributed by atoms with Crippen LogP contribution in [-0.4, -0.2) is 42.8 Å². The van der Waals surface area contributed by atoms with Crippen molar-refractivity contribution in [3.05, 3.63) is 117 Å². The second-order valence-electron chi connectivity index (χ2n) is 10.2. The minimum absolute atomic E-state index is 0.0595. The van der Waals surface area contributed by atoms with E-state index in [4.69, 9.17) is 27.9 Å². The zero-order chi connectivity index (χ0) is 31.8. The van der Waals surface area contributed by atoms with Crippen molar-refractivity contribution in [2.24, 2.45) is 0 Å². The Morgan fingerprint density at radius 1 is 0.977 bits per heavy atom. The van der Waals surface area contributed by atoms with Gasteiger partial charge in [0.2, 0.25) is 11.8 Å². The number of halogens is 2. The number of nitrogens with zero attached hydrogens (tertiary/aromatic N) is 2. The molecule has 1 aromatic heterocycles. The van der Waals surface area contributed by atoms with Gasteiger partial charge in [0.05, 0.1) is 17.3 Å². The lowest BCUT2D eigenvalue weighted by atomic mass is 10.1. The number of hydrogen-bond acceptors (Lipinski definition) is 5. The van der Waals surface area contributed by atoms with Gasteiger partial charge in [-0.05, 0) is 61.9 Å². The molecule has 0 bridgehead atoms. The van der Waals surface area contributed by atoms with E-state index in [2.05, 4.69) is 22.2 Å². The molecule has 0 radical (unpaired) electrons. The van der Waals surface area contributed by atoms with Gasteiger partial charge in [0.15, 0.2) is 0 Å². The van der Waals surface area contributed by atoms with E-state index in [0.717, 1.165) is 27.7 Å². The first-order chi connectivity index (χ1) is 21.0. The highest BCUT2D eigenvalue weighted by Crippen LogP contribution is 2.35. The van der Waals surface area contributed by atoms with Gasteiger partial charge in [-0.2, -0.15) is 0 Å². The Morgan fingerprint density at radius 2 is 1.73 bits per heavy atom. The number of amides is 3. The zero-order valence-electron chi connectivity index (χ0n) is 24.6. The van der Waals surface area contributed by atoms with Crippen LogP contribution in [0.5, 0.6) is 5.75 Å². The van der Waals surface area contributed by atoms with E-state index in [1.165, 1.54) is 11.0 Å². The van der Waals surface area contributed by atoms with E-state index in [1.54, 1.807) is 49.5 Å². The van der Waals surface area contributed by atoms with Gasteiger partial charge in [-0.15, -0.1) is 0 Å². The lowest BCUT2D eigenvalue weighted by Crippen LogP contribution is -2.37. The Bertz CT molecular complexity index is 1750. The highest BCUT2D eigenvalue weighted by molar-refractivity contribution is 6.38. The molecule has 226 valence electrons. The van der Waals surface area contributed by atoms with Gasteiger partial charge in [0, 0.05) is 46.9 Å². The summed E-state index contributed by atoms with van der Waals surface area (Å²) in [5.41, 5.74) is 4.60. The van der Waals surface area contributed by atoms with Gasteiger partial charge in [-0.3, -0.25) is 14.4 Å². The highest BCUT2D eigenvalue weighted by Gasteiger charge is 2.19. The number of carbonyl (C=O) groups is 3. The molecular weight excluding hydrogens is 599 g/mol. The number of likely N-dealkylation sites (N-methyl/N-ethyl adjacent to an activating group) is 1. The van der Waals surface area contributed by atoms with Crippen LogP contribution in [0.3, 0.4) is 0 Å². The monoisotopic (exact) mass is 630 g/mol. The van der Waals surface area contributed by atoms with Gasteiger partial charge in [0.1, 0.15) is 17.9 Å². The van der Waals surface area contributed by atoms with Crippen LogP contribution in [0.25, 0.3) is 17.0 Å². The van der Waals surface area contributed by atoms with Crippen molar-refractivity contribution in [1.82, 2.24) is 15.6 Å². The minimum Gasteiger partial charge on any atom is -0.487 e. The van der Waals surface area contributed by atoms with Crippen LogP contribution in [0.15, 0.2) is 85.0 Å². The molecular formula is C34H32Cl2N4O4. The topological polar surface area (TPSA) is 101 Å². The zero-order valence-corrected chi connectivity index (χ0v) is 26.1. The maximum absolute atomic E-state index is 12.9. The second kappa shape index (κ2) is 14.7. The van der Waals surface area contributed by atoms with Crippen LogP contribution in [0.2, 0.25) is 10.0 Å². The molecule has 0 spiro atoms. The van der Waals surface area contributed by atoms with Crippen LogP contribution in [0, 0.1) is 6.92 Å². The minimum atomic E-state index is -0.453. The Morgan fingerprint density at radius 3 is 2.45 bits per heavy atom. The Balaban J connectivity index is 1.35. The van der Waals surface area contributed by atoms with Crippen molar-refractivity contribution in [2.75, 3.05) is 25.0 Å². The lowest BCUT2D eigenvalue weighted by molar-refractivity contribution is -0.122. The van der Waals surface area contributed by atoms with Gasteiger partial charge in [-0.1, -0.05) is 65.7 Å². The summed E-state index contributed by atoms with van der Waals surface area (Å²) in [6.45, 7) is 7.70. The third kappa shape index (κ3) is 8.24. The predicted molar refractivity (Wildman–Crippen MR) is 176 cm³/mol. The predicted octanol–water partition coefficient (Wildman–Crippen LogP) is 6.53. The number of aromatic nitrogens is 1. The summed E-state index contributed by atoms with van der Waals surface area (Å²) >= 11 is 13.2. The number of rotatable bonds is 11.